The van der Waals surface area contributed by atoms with Crippen LogP contribution in [0.5, 0.6) is 0 Å². The molecule has 114 valence electrons. The first-order chi connectivity index (χ1) is 10.0. The third-order valence-corrected chi connectivity index (χ3v) is 5.10. The van der Waals surface area contributed by atoms with Gasteiger partial charge in [0.25, 0.3) is 5.91 Å². The average molecular weight is 312 g/mol. The zero-order valence-corrected chi connectivity index (χ0v) is 12.7. The van der Waals surface area contributed by atoms with Gasteiger partial charge < -0.3 is 10.2 Å². The minimum Gasteiger partial charge on any atom is -0.352 e. The van der Waals surface area contributed by atoms with Crippen LogP contribution in [0.4, 0.5) is 4.39 Å². The number of fused-ring (bicyclic) bond motifs is 2. The van der Waals surface area contributed by atoms with Crippen LogP contribution in [0, 0.1) is 11.7 Å². The van der Waals surface area contributed by atoms with Crippen LogP contribution in [-0.2, 0) is 0 Å². The second-order valence-electron chi connectivity index (χ2n) is 6.09. The van der Waals surface area contributed by atoms with Crippen molar-refractivity contribution in [1.29, 1.82) is 0 Å². The van der Waals surface area contributed by atoms with E-state index in [0.29, 0.717) is 24.5 Å². The Kier molecular flexibility index (Phi) is 4.13. The molecule has 2 unspecified atom stereocenters. The Bertz CT molecular complexity index is 540. The standard InChI is InChI=1S/C15H19ClFN3O/c1-20-11-2-3-12(20)5-9(4-11)7-19-15(21)13-6-10(17)8-18-14(13)16/h6,8-9,11-12H,2-5,7H2,1H3,(H,19,21). The second-order valence-corrected chi connectivity index (χ2v) is 6.45. The number of aromatic nitrogens is 1. The Hall–Kier alpha value is -1.20. The van der Waals surface area contributed by atoms with Gasteiger partial charge in [-0.25, -0.2) is 9.37 Å². The Morgan fingerprint density at radius 1 is 1.48 bits per heavy atom. The van der Waals surface area contributed by atoms with Crippen molar-refractivity contribution in [2.24, 2.45) is 5.92 Å². The summed E-state index contributed by atoms with van der Waals surface area (Å²) in [6, 6.07) is 2.42. The van der Waals surface area contributed by atoms with Crippen LogP contribution in [-0.4, -0.2) is 41.5 Å². The molecule has 1 aromatic rings. The molecule has 3 heterocycles. The van der Waals surface area contributed by atoms with E-state index in [-0.39, 0.29) is 16.6 Å². The predicted octanol–water partition coefficient (Wildman–Crippen LogP) is 2.48. The van der Waals surface area contributed by atoms with Crippen molar-refractivity contribution in [1.82, 2.24) is 15.2 Å². The summed E-state index contributed by atoms with van der Waals surface area (Å²) in [7, 11) is 2.19. The zero-order chi connectivity index (χ0) is 15.0. The highest BCUT2D eigenvalue weighted by molar-refractivity contribution is 6.32. The van der Waals surface area contributed by atoms with Crippen LogP contribution in [0.3, 0.4) is 0 Å². The van der Waals surface area contributed by atoms with Crippen LogP contribution < -0.4 is 5.32 Å². The summed E-state index contributed by atoms with van der Waals surface area (Å²) < 4.78 is 13.1. The fourth-order valence-corrected chi connectivity index (χ4v) is 3.79. The topological polar surface area (TPSA) is 45.2 Å². The molecule has 0 saturated carbocycles. The first-order valence-corrected chi connectivity index (χ1v) is 7.73. The highest BCUT2D eigenvalue weighted by Crippen LogP contribution is 2.37. The molecule has 4 nitrogen and oxygen atoms in total. The van der Waals surface area contributed by atoms with E-state index in [1.54, 1.807) is 0 Å². The van der Waals surface area contributed by atoms with Gasteiger partial charge >= 0.3 is 0 Å². The largest absolute Gasteiger partial charge is 0.352 e. The van der Waals surface area contributed by atoms with Gasteiger partial charge in [0.2, 0.25) is 0 Å². The van der Waals surface area contributed by atoms with Gasteiger partial charge in [0.05, 0.1) is 11.8 Å². The number of hydrogen-bond donors (Lipinski definition) is 1. The molecular weight excluding hydrogens is 293 g/mol. The van der Waals surface area contributed by atoms with Gasteiger partial charge in [-0.15, -0.1) is 0 Å². The minimum absolute atomic E-state index is 0.0392. The van der Waals surface area contributed by atoms with E-state index in [2.05, 4.69) is 22.2 Å². The molecule has 1 N–H and O–H groups in total. The van der Waals surface area contributed by atoms with E-state index in [1.165, 1.54) is 12.8 Å². The molecule has 0 aliphatic carbocycles. The smallest absolute Gasteiger partial charge is 0.254 e. The molecule has 6 heteroatoms. The number of nitrogens with one attached hydrogen (secondary N) is 1. The molecule has 0 radical (unpaired) electrons. The van der Waals surface area contributed by atoms with Crippen LogP contribution in [0.2, 0.25) is 5.15 Å². The molecule has 2 fully saturated rings. The third-order valence-electron chi connectivity index (χ3n) is 4.80. The van der Waals surface area contributed by atoms with Crippen molar-refractivity contribution in [3.8, 4) is 0 Å². The highest BCUT2D eigenvalue weighted by Gasteiger charge is 2.38. The monoisotopic (exact) mass is 311 g/mol. The number of nitrogens with zero attached hydrogens (tertiary/aromatic N) is 2. The molecule has 0 aromatic carbocycles. The number of piperidine rings is 1. The summed E-state index contributed by atoms with van der Waals surface area (Å²) in [6.45, 7) is 0.618. The average Bonchev–Trinajstić information content (AvgIpc) is 2.69. The number of carbonyl (C=O) groups is 1. The number of amides is 1. The van der Waals surface area contributed by atoms with Gasteiger partial charge in [0, 0.05) is 18.6 Å². The molecule has 2 atom stereocenters. The summed E-state index contributed by atoms with van der Waals surface area (Å²) in [5, 5.41) is 2.91. The maximum Gasteiger partial charge on any atom is 0.254 e. The van der Waals surface area contributed by atoms with Crippen LogP contribution in [0.15, 0.2) is 12.3 Å². The fourth-order valence-electron chi connectivity index (χ4n) is 3.60. The van der Waals surface area contributed by atoms with Gasteiger partial charge in [-0.3, -0.25) is 4.79 Å². The molecule has 2 aliphatic rings. The first kappa shape index (κ1) is 14.7. The van der Waals surface area contributed by atoms with E-state index in [9.17, 15) is 9.18 Å². The van der Waals surface area contributed by atoms with Gasteiger partial charge in [-0.2, -0.15) is 0 Å². The molecule has 0 spiro atoms. The molecule has 21 heavy (non-hydrogen) atoms. The van der Waals surface area contributed by atoms with Crippen molar-refractivity contribution in [3.63, 3.8) is 0 Å². The van der Waals surface area contributed by atoms with Gasteiger partial charge in [0.1, 0.15) is 11.0 Å². The molecule has 3 rings (SSSR count). The number of pyridine rings is 1. The SMILES string of the molecule is CN1C2CCC1CC(CNC(=O)c1cc(F)cnc1Cl)C2. The predicted molar refractivity (Wildman–Crippen MR) is 78.8 cm³/mol. The van der Waals surface area contributed by atoms with Crippen molar-refractivity contribution in [2.75, 3.05) is 13.6 Å². The van der Waals surface area contributed by atoms with Crippen molar-refractivity contribution in [2.45, 2.75) is 37.8 Å². The van der Waals surface area contributed by atoms with E-state index >= 15 is 0 Å². The highest BCUT2D eigenvalue weighted by atomic mass is 35.5. The number of hydrogen-bond acceptors (Lipinski definition) is 3. The van der Waals surface area contributed by atoms with E-state index in [0.717, 1.165) is 25.1 Å². The van der Waals surface area contributed by atoms with E-state index < -0.39 is 5.82 Å². The van der Waals surface area contributed by atoms with Crippen molar-refractivity contribution in [3.05, 3.63) is 28.8 Å². The van der Waals surface area contributed by atoms with Crippen molar-refractivity contribution >= 4 is 17.5 Å². The quantitative estimate of drug-likeness (QED) is 0.872. The first-order valence-electron chi connectivity index (χ1n) is 7.35. The number of halogens is 2. The zero-order valence-electron chi connectivity index (χ0n) is 12.0. The lowest BCUT2D eigenvalue weighted by Crippen LogP contribution is -2.43. The summed E-state index contributed by atoms with van der Waals surface area (Å²) in [5.74, 6) is -0.414. The normalized spacial score (nSPS) is 28.6. The lowest BCUT2D eigenvalue weighted by Gasteiger charge is -2.36. The minimum atomic E-state index is -0.554. The maximum atomic E-state index is 13.1. The summed E-state index contributed by atoms with van der Waals surface area (Å²) in [6.07, 6.45) is 5.75. The van der Waals surface area contributed by atoms with E-state index in [1.807, 2.05) is 0 Å². The van der Waals surface area contributed by atoms with Gasteiger partial charge in [-0.05, 0) is 44.7 Å². The lowest BCUT2D eigenvalue weighted by atomic mass is 9.91. The Balaban J connectivity index is 1.58. The fraction of sp³-hybridized carbons (Fsp3) is 0.600. The molecule has 2 aliphatic heterocycles. The molecule has 2 bridgehead atoms. The Morgan fingerprint density at radius 3 is 2.81 bits per heavy atom. The molecule has 1 aromatic heterocycles. The number of rotatable bonds is 3. The van der Waals surface area contributed by atoms with E-state index in [4.69, 9.17) is 11.6 Å². The Morgan fingerprint density at radius 2 is 2.14 bits per heavy atom. The van der Waals surface area contributed by atoms with Crippen LogP contribution >= 0.6 is 11.6 Å². The molecule has 1 amide bonds. The van der Waals surface area contributed by atoms with Crippen LogP contribution in [0.1, 0.15) is 36.0 Å². The second kappa shape index (κ2) is 5.89. The molecular formula is C15H19ClFN3O. The van der Waals surface area contributed by atoms with Gasteiger partial charge in [-0.1, -0.05) is 11.6 Å². The lowest BCUT2D eigenvalue weighted by molar-refractivity contribution is 0.0917. The summed E-state index contributed by atoms with van der Waals surface area (Å²) in [5.41, 5.74) is 0.104. The Labute approximate surface area is 128 Å². The maximum absolute atomic E-state index is 13.1. The summed E-state index contributed by atoms with van der Waals surface area (Å²) in [4.78, 5) is 18.2. The van der Waals surface area contributed by atoms with Crippen LogP contribution in [0.25, 0.3) is 0 Å². The van der Waals surface area contributed by atoms with Crippen molar-refractivity contribution < 1.29 is 9.18 Å². The number of carbonyl (C=O) groups excluding carboxylic acids is 1. The summed E-state index contributed by atoms with van der Waals surface area (Å²) >= 11 is 5.84. The van der Waals surface area contributed by atoms with Gasteiger partial charge in [0.15, 0.2) is 0 Å². The molecule has 2 saturated heterocycles. The third kappa shape index (κ3) is 3.04.